The SMILES string of the molecule is CCNc1nnc(Cn2nc(C)c(C)c2C)s1. The van der Waals surface area contributed by atoms with Crippen LogP contribution < -0.4 is 5.32 Å². The zero-order chi connectivity index (χ0) is 12.4. The molecule has 0 radical (unpaired) electrons. The molecule has 1 N–H and O–H groups in total. The van der Waals surface area contributed by atoms with Crippen LogP contribution in [-0.2, 0) is 6.54 Å². The molecule has 0 bridgehead atoms. The lowest BCUT2D eigenvalue weighted by molar-refractivity contribution is 0.651. The Hall–Kier alpha value is -1.43. The Balaban J connectivity index is 2.16. The van der Waals surface area contributed by atoms with Crippen LogP contribution in [0.25, 0.3) is 0 Å². The number of anilines is 1. The van der Waals surface area contributed by atoms with Crippen molar-refractivity contribution in [3.63, 3.8) is 0 Å². The van der Waals surface area contributed by atoms with E-state index in [2.05, 4.69) is 34.5 Å². The molecule has 5 nitrogen and oxygen atoms in total. The Bertz CT molecular complexity index is 514. The van der Waals surface area contributed by atoms with Gasteiger partial charge in [-0.15, -0.1) is 10.2 Å². The van der Waals surface area contributed by atoms with E-state index in [1.165, 1.54) is 11.3 Å². The van der Waals surface area contributed by atoms with E-state index in [0.29, 0.717) is 6.54 Å². The summed E-state index contributed by atoms with van der Waals surface area (Å²) in [7, 11) is 0. The molecular formula is C11H17N5S. The normalized spacial score (nSPS) is 10.8. The van der Waals surface area contributed by atoms with Gasteiger partial charge >= 0.3 is 0 Å². The van der Waals surface area contributed by atoms with Gasteiger partial charge < -0.3 is 5.32 Å². The predicted octanol–water partition coefficient (Wildman–Crippen LogP) is 2.14. The molecule has 0 amide bonds. The first-order valence-corrected chi connectivity index (χ1v) is 6.50. The van der Waals surface area contributed by atoms with Crippen LogP contribution in [0.5, 0.6) is 0 Å². The highest BCUT2D eigenvalue weighted by molar-refractivity contribution is 7.15. The molecule has 0 saturated heterocycles. The van der Waals surface area contributed by atoms with E-state index in [1.807, 2.05) is 18.5 Å². The maximum absolute atomic E-state index is 4.50. The Labute approximate surface area is 105 Å². The maximum atomic E-state index is 4.50. The summed E-state index contributed by atoms with van der Waals surface area (Å²) < 4.78 is 1.99. The van der Waals surface area contributed by atoms with Gasteiger partial charge in [0, 0.05) is 12.2 Å². The van der Waals surface area contributed by atoms with Crippen LogP contribution in [0.15, 0.2) is 0 Å². The Kier molecular flexibility index (Phi) is 3.42. The second-order valence-electron chi connectivity index (χ2n) is 3.98. The lowest BCUT2D eigenvalue weighted by atomic mass is 10.2. The average Bonchev–Trinajstić information content (AvgIpc) is 2.82. The topological polar surface area (TPSA) is 55.6 Å². The van der Waals surface area contributed by atoms with E-state index < -0.39 is 0 Å². The number of rotatable bonds is 4. The van der Waals surface area contributed by atoms with E-state index in [9.17, 15) is 0 Å². The van der Waals surface area contributed by atoms with Crippen molar-refractivity contribution in [2.45, 2.75) is 34.2 Å². The minimum Gasteiger partial charge on any atom is -0.360 e. The van der Waals surface area contributed by atoms with Gasteiger partial charge in [-0.25, -0.2) is 0 Å². The Morgan fingerprint density at radius 2 is 2.00 bits per heavy atom. The highest BCUT2D eigenvalue weighted by Crippen LogP contribution is 2.18. The minimum absolute atomic E-state index is 0.698. The lowest BCUT2D eigenvalue weighted by Crippen LogP contribution is -2.03. The van der Waals surface area contributed by atoms with Crippen LogP contribution in [0.1, 0.15) is 28.9 Å². The van der Waals surface area contributed by atoms with Crippen LogP contribution in [0.4, 0.5) is 5.13 Å². The molecule has 2 heterocycles. The van der Waals surface area contributed by atoms with Gasteiger partial charge in [0.15, 0.2) is 0 Å². The summed E-state index contributed by atoms with van der Waals surface area (Å²) in [5, 5.41) is 17.7. The van der Waals surface area contributed by atoms with Crippen LogP contribution in [0.3, 0.4) is 0 Å². The largest absolute Gasteiger partial charge is 0.360 e. The molecule has 92 valence electrons. The summed E-state index contributed by atoms with van der Waals surface area (Å²) in [6, 6.07) is 0. The molecule has 0 unspecified atom stereocenters. The fourth-order valence-electron chi connectivity index (χ4n) is 1.61. The molecule has 0 spiro atoms. The van der Waals surface area contributed by atoms with Gasteiger partial charge in [0.05, 0.1) is 12.2 Å². The molecule has 2 aromatic rings. The van der Waals surface area contributed by atoms with Gasteiger partial charge in [0.25, 0.3) is 0 Å². The molecule has 6 heteroatoms. The van der Waals surface area contributed by atoms with E-state index in [-0.39, 0.29) is 0 Å². The standard InChI is InChI=1S/C11H17N5S/c1-5-12-11-14-13-10(17-11)6-16-9(4)7(2)8(3)15-16/h5-6H2,1-4H3,(H,12,14). The highest BCUT2D eigenvalue weighted by atomic mass is 32.1. The summed E-state index contributed by atoms with van der Waals surface area (Å²) in [5.41, 5.74) is 3.53. The van der Waals surface area contributed by atoms with Gasteiger partial charge in [-0.1, -0.05) is 11.3 Å². The third-order valence-electron chi connectivity index (χ3n) is 2.82. The quantitative estimate of drug-likeness (QED) is 0.904. The Morgan fingerprint density at radius 1 is 1.24 bits per heavy atom. The summed E-state index contributed by atoms with van der Waals surface area (Å²) in [4.78, 5) is 0. The average molecular weight is 251 g/mol. The molecular weight excluding hydrogens is 234 g/mol. The van der Waals surface area contributed by atoms with E-state index in [4.69, 9.17) is 0 Å². The van der Waals surface area contributed by atoms with E-state index in [1.54, 1.807) is 11.3 Å². The van der Waals surface area contributed by atoms with Crippen molar-refractivity contribution >= 4 is 16.5 Å². The van der Waals surface area contributed by atoms with Gasteiger partial charge in [0.1, 0.15) is 5.01 Å². The highest BCUT2D eigenvalue weighted by Gasteiger charge is 2.10. The van der Waals surface area contributed by atoms with Crippen molar-refractivity contribution in [1.29, 1.82) is 0 Å². The molecule has 17 heavy (non-hydrogen) atoms. The Morgan fingerprint density at radius 3 is 2.59 bits per heavy atom. The third-order valence-corrected chi connectivity index (χ3v) is 3.69. The number of hydrogen-bond acceptors (Lipinski definition) is 5. The number of aromatic nitrogens is 4. The summed E-state index contributed by atoms with van der Waals surface area (Å²) in [6.45, 7) is 9.82. The van der Waals surface area contributed by atoms with Crippen LogP contribution >= 0.6 is 11.3 Å². The fraction of sp³-hybridized carbons (Fsp3) is 0.545. The van der Waals surface area contributed by atoms with Gasteiger partial charge in [-0.2, -0.15) is 5.10 Å². The van der Waals surface area contributed by atoms with Gasteiger partial charge in [-0.05, 0) is 33.3 Å². The number of nitrogens with one attached hydrogen (secondary N) is 1. The summed E-state index contributed by atoms with van der Waals surface area (Å²) >= 11 is 1.58. The first-order valence-electron chi connectivity index (χ1n) is 5.68. The molecule has 0 aliphatic heterocycles. The van der Waals surface area contributed by atoms with Crippen molar-refractivity contribution in [2.75, 3.05) is 11.9 Å². The molecule has 0 atom stereocenters. The molecule has 2 aromatic heterocycles. The van der Waals surface area contributed by atoms with Crippen molar-refractivity contribution < 1.29 is 0 Å². The van der Waals surface area contributed by atoms with Crippen LogP contribution in [0.2, 0.25) is 0 Å². The molecule has 2 rings (SSSR count). The van der Waals surface area contributed by atoms with Crippen LogP contribution in [-0.4, -0.2) is 26.5 Å². The number of aryl methyl sites for hydroxylation is 1. The zero-order valence-electron chi connectivity index (χ0n) is 10.6. The zero-order valence-corrected chi connectivity index (χ0v) is 11.4. The van der Waals surface area contributed by atoms with Crippen molar-refractivity contribution in [1.82, 2.24) is 20.0 Å². The lowest BCUT2D eigenvalue weighted by Gasteiger charge is -2.00. The first kappa shape index (κ1) is 12.0. The second kappa shape index (κ2) is 4.83. The molecule has 0 saturated carbocycles. The molecule has 0 aromatic carbocycles. The van der Waals surface area contributed by atoms with E-state index in [0.717, 1.165) is 22.4 Å². The number of hydrogen-bond donors (Lipinski definition) is 1. The second-order valence-corrected chi connectivity index (χ2v) is 5.05. The predicted molar refractivity (Wildman–Crippen MR) is 69.6 cm³/mol. The summed E-state index contributed by atoms with van der Waals surface area (Å²) in [6.07, 6.45) is 0. The molecule has 0 fully saturated rings. The molecule has 0 aliphatic carbocycles. The summed E-state index contributed by atoms with van der Waals surface area (Å²) in [5.74, 6) is 0. The number of nitrogens with zero attached hydrogens (tertiary/aromatic N) is 4. The van der Waals surface area contributed by atoms with Gasteiger partial charge in [0.2, 0.25) is 5.13 Å². The first-order chi connectivity index (χ1) is 8.11. The third kappa shape index (κ3) is 2.46. The van der Waals surface area contributed by atoms with Crippen molar-refractivity contribution in [3.8, 4) is 0 Å². The van der Waals surface area contributed by atoms with Crippen molar-refractivity contribution in [3.05, 3.63) is 22.0 Å². The van der Waals surface area contributed by atoms with Crippen molar-refractivity contribution in [2.24, 2.45) is 0 Å². The van der Waals surface area contributed by atoms with Crippen LogP contribution in [0, 0.1) is 20.8 Å². The minimum atomic E-state index is 0.698. The molecule has 0 aliphatic rings. The maximum Gasteiger partial charge on any atom is 0.205 e. The monoisotopic (exact) mass is 251 g/mol. The van der Waals surface area contributed by atoms with E-state index >= 15 is 0 Å². The smallest absolute Gasteiger partial charge is 0.205 e. The fourth-order valence-corrected chi connectivity index (χ4v) is 2.40. The van der Waals surface area contributed by atoms with Gasteiger partial charge in [-0.3, -0.25) is 4.68 Å².